The molecule has 0 amide bonds. The molecule has 0 aliphatic carbocycles. The number of rotatable bonds is 13. The van der Waals surface area contributed by atoms with Crippen LogP contribution in [0.25, 0.3) is 0 Å². The lowest BCUT2D eigenvalue weighted by molar-refractivity contribution is -0.284. The average molecular weight is 626 g/mol. The minimum Gasteiger partial charge on any atom is -0.394 e. The molecule has 0 aromatic rings. The number of hydrogen-bond donors (Lipinski definition) is 6. The molecule has 2 aliphatic rings. The molecule has 8 unspecified atom stereocenters. The molecular weight excluding hydrogens is 562 g/mol. The second-order valence-corrected chi connectivity index (χ2v) is 16.3. The van der Waals surface area contributed by atoms with Gasteiger partial charge in [0.05, 0.1) is 29.6 Å². The number of nitrogens with two attached hydrogens (primary N) is 1. The fourth-order valence-corrected chi connectivity index (χ4v) is 6.92. The van der Waals surface area contributed by atoms with Crippen LogP contribution in [0.4, 0.5) is 0 Å². The Kier molecular flexibility index (Phi) is 11.6. The Bertz CT molecular complexity index is 1070. The molecule has 2 rings (SSSR count). The zero-order valence-electron chi connectivity index (χ0n) is 29.7. The van der Waals surface area contributed by atoms with E-state index in [1.807, 2.05) is 109 Å². The lowest BCUT2D eigenvalue weighted by Crippen LogP contribution is -2.73. The molecule has 2 aliphatic heterocycles. The molecular formula is C34H63N3O7. The highest BCUT2D eigenvalue weighted by Crippen LogP contribution is 2.48. The predicted octanol–water partition coefficient (Wildman–Crippen LogP) is 2.71. The molecule has 10 nitrogen and oxygen atoms in total. The van der Waals surface area contributed by atoms with Gasteiger partial charge in [-0.2, -0.15) is 0 Å². The number of ether oxygens (including phenoxy) is 2. The number of Topliss-reactive ketones (excluding diaryl/α,β-unsaturated/α-hetero) is 2. The zero-order valence-corrected chi connectivity index (χ0v) is 29.7. The van der Waals surface area contributed by atoms with E-state index in [1.165, 1.54) is 0 Å². The first kappa shape index (κ1) is 38.9. The highest BCUT2D eigenvalue weighted by Gasteiger charge is 2.62. The Morgan fingerprint density at radius 2 is 1.61 bits per heavy atom. The van der Waals surface area contributed by atoms with Crippen molar-refractivity contribution in [2.75, 3.05) is 13.2 Å². The van der Waals surface area contributed by atoms with Crippen LogP contribution in [0.5, 0.6) is 0 Å². The van der Waals surface area contributed by atoms with Crippen LogP contribution in [0, 0.1) is 28.6 Å². The molecule has 10 heteroatoms. The Morgan fingerprint density at radius 1 is 1.07 bits per heavy atom. The molecule has 0 saturated carbocycles. The molecule has 2 saturated heterocycles. The summed E-state index contributed by atoms with van der Waals surface area (Å²) >= 11 is 0. The summed E-state index contributed by atoms with van der Waals surface area (Å²) in [5, 5.41) is 39.2. The van der Waals surface area contributed by atoms with Gasteiger partial charge in [0.25, 0.3) is 0 Å². The minimum absolute atomic E-state index is 0.0773. The number of allylic oxidation sites excluding steroid dienone is 1. The van der Waals surface area contributed by atoms with Gasteiger partial charge in [0, 0.05) is 40.4 Å². The van der Waals surface area contributed by atoms with Crippen LogP contribution in [-0.4, -0.2) is 92.9 Å². The highest BCUT2D eigenvalue weighted by molar-refractivity contribution is 5.90. The summed E-state index contributed by atoms with van der Waals surface area (Å²) in [6.45, 7) is 25.9. The number of carbonyl (C=O) groups excluding carboxylic acids is 2. The van der Waals surface area contributed by atoms with E-state index in [0.717, 1.165) is 0 Å². The maximum atomic E-state index is 14.5. The standard InChI is InChI=1S/C34H63N3O7/c1-15-16-19(2)25(40)32(9,10)37-31(7,8)20(17-35)26(41)29(3,4)33(11,12)36-28-22-24(23(39)21(18-38)43-28)44-34(13,14)30(5,6)27(22)42/h15-16,19-25,28,36-40H,17-18,35H2,1-14H3. The molecule has 0 bridgehead atoms. The molecule has 7 N–H and O–H groups in total. The summed E-state index contributed by atoms with van der Waals surface area (Å²) in [7, 11) is 0. The average Bonchev–Trinajstić information content (AvgIpc) is 2.87. The van der Waals surface area contributed by atoms with Gasteiger partial charge in [0.2, 0.25) is 0 Å². The number of aliphatic hydroxyl groups is 3. The van der Waals surface area contributed by atoms with Crippen molar-refractivity contribution in [2.24, 2.45) is 34.3 Å². The van der Waals surface area contributed by atoms with Crippen molar-refractivity contribution in [3.63, 3.8) is 0 Å². The van der Waals surface area contributed by atoms with Crippen LogP contribution in [0.3, 0.4) is 0 Å². The van der Waals surface area contributed by atoms with E-state index in [1.54, 1.807) is 0 Å². The van der Waals surface area contributed by atoms with Gasteiger partial charge in [-0.25, -0.2) is 0 Å². The number of fused-ring (bicyclic) bond motifs is 1. The Morgan fingerprint density at radius 3 is 2.09 bits per heavy atom. The van der Waals surface area contributed by atoms with Crippen LogP contribution in [-0.2, 0) is 19.1 Å². The molecule has 0 radical (unpaired) electrons. The summed E-state index contributed by atoms with van der Waals surface area (Å²) in [5.74, 6) is -1.82. The summed E-state index contributed by atoms with van der Waals surface area (Å²) < 4.78 is 12.5. The van der Waals surface area contributed by atoms with Gasteiger partial charge in [-0.05, 0) is 62.3 Å². The predicted molar refractivity (Wildman–Crippen MR) is 173 cm³/mol. The molecule has 2 fully saturated rings. The highest BCUT2D eigenvalue weighted by atomic mass is 16.6. The lowest BCUT2D eigenvalue weighted by atomic mass is 9.63. The Hall–Kier alpha value is -1.24. The van der Waals surface area contributed by atoms with Crippen LogP contribution < -0.4 is 16.4 Å². The number of carbonyl (C=O) groups is 2. The summed E-state index contributed by atoms with van der Waals surface area (Å²) in [4.78, 5) is 28.5. The fraction of sp³-hybridized carbons (Fsp3) is 0.882. The smallest absolute Gasteiger partial charge is 0.151 e. The number of hydrogen-bond acceptors (Lipinski definition) is 10. The maximum absolute atomic E-state index is 14.5. The third-order valence-corrected chi connectivity index (χ3v) is 11.2. The largest absolute Gasteiger partial charge is 0.394 e. The number of nitrogens with one attached hydrogen (secondary N) is 2. The first-order valence-electron chi connectivity index (χ1n) is 16.1. The lowest BCUT2D eigenvalue weighted by Gasteiger charge is -2.57. The molecule has 0 spiro atoms. The third kappa shape index (κ3) is 7.03. The van der Waals surface area contributed by atoms with Crippen LogP contribution >= 0.6 is 0 Å². The van der Waals surface area contributed by atoms with E-state index in [-0.39, 0.29) is 24.0 Å². The first-order chi connectivity index (χ1) is 19.8. The van der Waals surface area contributed by atoms with E-state index >= 15 is 0 Å². The number of ketones is 2. The van der Waals surface area contributed by atoms with Crippen molar-refractivity contribution in [3.05, 3.63) is 12.2 Å². The SMILES string of the molecule is CC=CC(C)C(O)C(C)(C)NC(C)(C)C(CN)C(=O)C(C)(C)C(C)(C)NC1OC(CO)C(O)C2OC(C)(C)C(C)(C)C(=O)C12. The third-order valence-electron chi connectivity index (χ3n) is 11.2. The molecule has 256 valence electrons. The van der Waals surface area contributed by atoms with Crippen molar-refractivity contribution >= 4 is 11.6 Å². The van der Waals surface area contributed by atoms with E-state index < -0.39 is 82.1 Å². The molecule has 0 aromatic carbocycles. The zero-order chi connectivity index (χ0) is 34.4. The fourth-order valence-electron chi connectivity index (χ4n) is 6.92. The van der Waals surface area contributed by atoms with E-state index in [9.17, 15) is 24.9 Å². The molecule has 2 heterocycles. The second kappa shape index (κ2) is 13.1. The van der Waals surface area contributed by atoms with Crippen LogP contribution in [0.1, 0.15) is 96.9 Å². The van der Waals surface area contributed by atoms with Gasteiger partial charge in [-0.1, -0.05) is 46.8 Å². The summed E-state index contributed by atoms with van der Waals surface area (Å²) in [5.41, 5.74) is 1.04. The van der Waals surface area contributed by atoms with Crippen molar-refractivity contribution < 1.29 is 34.4 Å². The quantitative estimate of drug-likeness (QED) is 0.168. The van der Waals surface area contributed by atoms with Crippen molar-refractivity contribution in [1.82, 2.24) is 10.6 Å². The molecule has 8 atom stereocenters. The monoisotopic (exact) mass is 625 g/mol. The molecule has 0 aromatic heterocycles. The summed E-state index contributed by atoms with van der Waals surface area (Å²) in [6, 6.07) is 0. The van der Waals surface area contributed by atoms with Crippen LogP contribution in [0.15, 0.2) is 12.2 Å². The van der Waals surface area contributed by atoms with Crippen molar-refractivity contribution in [3.8, 4) is 0 Å². The second-order valence-electron chi connectivity index (χ2n) is 16.3. The Labute approximate surface area is 265 Å². The van der Waals surface area contributed by atoms with E-state index in [0.29, 0.717) is 0 Å². The Balaban J connectivity index is 2.43. The van der Waals surface area contributed by atoms with Crippen LogP contribution in [0.2, 0.25) is 0 Å². The van der Waals surface area contributed by atoms with Gasteiger partial charge in [0.1, 0.15) is 30.3 Å². The topological polar surface area (TPSA) is 163 Å². The number of aliphatic hydroxyl groups excluding tert-OH is 3. The summed E-state index contributed by atoms with van der Waals surface area (Å²) in [6.07, 6.45) is -0.873. The first-order valence-corrected chi connectivity index (χ1v) is 16.1. The van der Waals surface area contributed by atoms with Gasteiger partial charge >= 0.3 is 0 Å². The van der Waals surface area contributed by atoms with Gasteiger partial charge in [-0.15, -0.1) is 0 Å². The van der Waals surface area contributed by atoms with Gasteiger partial charge < -0.3 is 35.8 Å². The maximum Gasteiger partial charge on any atom is 0.151 e. The molecule has 44 heavy (non-hydrogen) atoms. The van der Waals surface area contributed by atoms with Crippen molar-refractivity contribution in [1.29, 1.82) is 0 Å². The minimum atomic E-state index is -1.21. The van der Waals surface area contributed by atoms with Gasteiger partial charge in [0.15, 0.2) is 5.78 Å². The van der Waals surface area contributed by atoms with E-state index in [2.05, 4.69) is 10.6 Å². The normalized spacial score (nSPS) is 30.1. The van der Waals surface area contributed by atoms with Crippen molar-refractivity contribution in [2.45, 2.75) is 150 Å². The van der Waals surface area contributed by atoms with E-state index in [4.69, 9.17) is 15.2 Å². The van der Waals surface area contributed by atoms with Gasteiger partial charge in [-0.3, -0.25) is 14.9 Å².